The molecule has 0 aliphatic carbocycles. The van der Waals surface area contributed by atoms with Gasteiger partial charge in [0.15, 0.2) is 11.5 Å². The van der Waals surface area contributed by atoms with Crippen molar-refractivity contribution in [2.75, 3.05) is 0 Å². The largest absolute Gasteiger partial charge is 0.504 e. The summed E-state index contributed by atoms with van der Waals surface area (Å²) >= 11 is 3.36. The van der Waals surface area contributed by atoms with Crippen LogP contribution in [0.5, 0.6) is 17.2 Å². The van der Waals surface area contributed by atoms with Crippen molar-refractivity contribution in [3.8, 4) is 17.2 Å². The Balaban J connectivity index is 2.05. The predicted molar refractivity (Wildman–Crippen MR) is 68.2 cm³/mol. The average molecular weight is 295 g/mol. The van der Waals surface area contributed by atoms with Crippen molar-refractivity contribution in [3.05, 3.63) is 52.5 Å². The Morgan fingerprint density at radius 3 is 2.53 bits per heavy atom. The van der Waals surface area contributed by atoms with Gasteiger partial charge in [0.05, 0.1) is 0 Å². The second kappa shape index (κ2) is 5.10. The number of phenolic OH excluding ortho intramolecular Hbond substituents is 2. The molecule has 0 saturated heterocycles. The minimum Gasteiger partial charge on any atom is -0.504 e. The summed E-state index contributed by atoms with van der Waals surface area (Å²) in [6.45, 7) is 0.338. The van der Waals surface area contributed by atoms with Crippen molar-refractivity contribution in [2.45, 2.75) is 6.61 Å². The molecule has 0 spiro atoms. The normalized spacial score (nSPS) is 10.2. The van der Waals surface area contributed by atoms with Crippen LogP contribution >= 0.6 is 15.9 Å². The average Bonchev–Trinajstić information content (AvgIpc) is 2.31. The van der Waals surface area contributed by atoms with E-state index < -0.39 is 0 Å². The summed E-state index contributed by atoms with van der Waals surface area (Å²) in [7, 11) is 0. The van der Waals surface area contributed by atoms with Gasteiger partial charge in [-0.15, -0.1) is 0 Å². The first-order valence-electron chi connectivity index (χ1n) is 5.04. The Bertz CT molecular complexity index is 526. The van der Waals surface area contributed by atoms with Crippen LogP contribution in [0.4, 0.5) is 0 Å². The van der Waals surface area contributed by atoms with Crippen LogP contribution in [0.1, 0.15) is 5.56 Å². The zero-order chi connectivity index (χ0) is 12.3. The maximum atomic E-state index is 9.33. The van der Waals surface area contributed by atoms with Gasteiger partial charge in [-0.25, -0.2) is 0 Å². The van der Waals surface area contributed by atoms with Crippen LogP contribution in [0.15, 0.2) is 46.9 Å². The number of aromatic hydroxyl groups is 2. The van der Waals surface area contributed by atoms with Crippen LogP contribution in [0.3, 0.4) is 0 Å². The molecule has 2 N–H and O–H groups in total. The number of hydrogen-bond donors (Lipinski definition) is 2. The topological polar surface area (TPSA) is 49.7 Å². The Morgan fingerprint density at radius 1 is 1.00 bits per heavy atom. The van der Waals surface area contributed by atoms with Gasteiger partial charge in [-0.05, 0) is 35.9 Å². The Morgan fingerprint density at radius 2 is 1.82 bits per heavy atom. The molecule has 0 atom stereocenters. The molecule has 0 aliphatic heterocycles. The maximum absolute atomic E-state index is 9.33. The number of rotatable bonds is 3. The van der Waals surface area contributed by atoms with E-state index in [4.69, 9.17) is 9.84 Å². The van der Waals surface area contributed by atoms with E-state index in [2.05, 4.69) is 15.9 Å². The molecule has 3 nitrogen and oxygen atoms in total. The summed E-state index contributed by atoms with van der Waals surface area (Å²) < 4.78 is 6.49. The van der Waals surface area contributed by atoms with Crippen molar-refractivity contribution in [1.29, 1.82) is 0 Å². The highest BCUT2D eigenvalue weighted by atomic mass is 79.9. The van der Waals surface area contributed by atoms with E-state index in [1.807, 2.05) is 24.3 Å². The summed E-state index contributed by atoms with van der Waals surface area (Å²) in [5.74, 6) is 0.475. The lowest BCUT2D eigenvalue weighted by molar-refractivity contribution is 0.304. The molecule has 0 heterocycles. The molecule has 0 bridgehead atoms. The number of halogens is 1. The van der Waals surface area contributed by atoms with Gasteiger partial charge in [-0.2, -0.15) is 0 Å². The summed E-state index contributed by atoms with van der Waals surface area (Å²) in [6.07, 6.45) is 0. The molecule has 0 unspecified atom stereocenters. The quantitative estimate of drug-likeness (QED) is 0.853. The van der Waals surface area contributed by atoms with Gasteiger partial charge in [0.2, 0.25) is 0 Å². The van der Waals surface area contributed by atoms with Gasteiger partial charge in [0.1, 0.15) is 12.4 Å². The van der Waals surface area contributed by atoms with Crippen LogP contribution in [0.2, 0.25) is 0 Å². The standard InChI is InChI=1S/C13H11BrO3/c14-10-2-1-3-11(7-10)17-8-9-4-5-12(15)13(16)6-9/h1-7,15-16H,8H2. The van der Waals surface area contributed by atoms with Gasteiger partial charge < -0.3 is 14.9 Å². The fourth-order valence-electron chi connectivity index (χ4n) is 1.38. The molecule has 0 amide bonds. The molecular formula is C13H11BrO3. The monoisotopic (exact) mass is 294 g/mol. The van der Waals surface area contributed by atoms with Gasteiger partial charge in [-0.1, -0.05) is 28.1 Å². The Labute approximate surface area is 107 Å². The molecule has 4 heteroatoms. The Kier molecular flexibility index (Phi) is 3.54. The molecule has 0 aromatic heterocycles. The van der Waals surface area contributed by atoms with Gasteiger partial charge in [0, 0.05) is 4.47 Å². The molecule has 17 heavy (non-hydrogen) atoms. The number of phenols is 2. The molecule has 0 fully saturated rings. The van der Waals surface area contributed by atoms with E-state index in [1.54, 1.807) is 6.07 Å². The lowest BCUT2D eigenvalue weighted by Crippen LogP contribution is -1.94. The zero-order valence-electron chi connectivity index (χ0n) is 8.93. The molecule has 2 aromatic carbocycles. The van der Waals surface area contributed by atoms with E-state index in [9.17, 15) is 5.11 Å². The van der Waals surface area contributed by atoms with E-state index >= 15 is 0 Å². The molecule has 2 rings (SSSR count). The summed E-state index contributed by atoms with van der Waals surface area (Å²) in [5.41, 5.74) is 0.792. The number of hydrogen-bond acceptors (Lipinski definition) is 3. The van der Waals surface area contributed by atoms with Crippen LogP contribution in [-0.2, 0) is 6.61 Å². The highest BCUT2D eigenvalue weighted by molar-refractivity contribution is 9.10. The first kappa shape index (κ1) is 11.8. The molecule has 0 radical (unpaired) electrons. The highest BCUT2D eigenvalue weighted by Crippen LogP contribution is 2.26. The molecule has 88 valence electrons. The first-order chi connectivity index (χ1) is 8.15. The SMILES string of the molecule is Oc1ccc(COc2cccc(Br)c2)cc1O. The third-order valence-electron chi connectivity index (χ3n) is 2.24. The number of benzene rings is 2. The van der Waals surface area contributed by atoms with Crippen molar-refractivity contribution in [2.24, 2.45) is 0 Å². The lowest BCUT2D eigenvalue weighted by Gasteiger charge is -2.07. The lowest BCUT2D eigenvalue weighted by atomic mass is 10.2. The Hall–Kier alpha value is -1.68. The molecular weight excluding hydrogens is 284 g/mol. The minimum atomic E-state index is -0.139. The van der Waals surface area contributed by atoms with Crippen molar-refractivity contribution in [3.63, 3.8) is 0 Å². The van der Waals surface area contributed by atoms with Crippen LogP contribution < -0.4 is 4.74 Å². The third kappa shape index (κ3) is 3.14. The van der Waals surface area contributed by atoms with E-state index in [-0.39, 0.29) is 11.5 Å². The molecule has 0 aliphatic rings. The van der Waals surface area contributed by atoms with Crippen molar-refractivity contribution < 1.29 is 14.9 Å². The second-order valence-corrected chi connectivity index (χ2v) is 4.48. The maximum Gasteiger partial charge on any atom is 0.157 e. The fraction of sp³-hybridized carbons (Fsp3) is 0.0769. The fourth-order valence-corrected chi connectivity index (χ4v) is 1.76. The van der Waals surface area contributed by atoms with Gasteiger partial charge in [-0.3, -0.25) is 0 Å². The number of ether oxygens (including phenoxy) is 1. The minimum absolute atomic E-state index is 0.129. The summed E-state index contributed by atoms with van der Waals surface area (Å²) in [5, 5.41) is 18.5. The second-order valence-electron chi connectivity index (χ2n) is 3.57. The first-order valence-corrected chi connectivity index (χ1v) is 5.83. The van der Waals surface area contributed by atoms with E-state index in [1.165, 1.54) is 12.1 Å². The van der Waals surface area contributed by atoms with Crippen molar-refractivity contribution >= 4 is 15.9 Å². The van der Waals surface area contributed by atoms with Crippen LogP contribution in [0, 0.1) is 0 Å². The zero-order valence-corrected chi connectivity index (χ0v) is 10.5. The van der Waals surface area contributed by atoms with Crippen LogP contribution in [0.25, 0.3) is 0 Å². The van der Waals surface area contributed by atoms with Gasteiger partial charge in [0.25, 0.3) is 0 Å². The summed E-state index contributed by atoms with van der Waals surface area (Å²) in [6, 6.07) is 12.1. The van der Waals surface area contributed by atoms with Gasteiger partial charge >= 0.3 is 0 Å². The molecule has 2 aromatic rings. The third-order valence-corrected chi connectivity index (χ3v) is 2.73. The summed E-state index contributed by atoms with van der Waals surface area (Å²) in [4.78, 5) is 0. The highest BCUT2D eigenvalue weighted by Gasteiger charge is 2.01. The van der Waals surface area contributed by atoms with Crippen LogP contribution in [-0.4, -0.2) is 10.2 Å². The predicted octanol–water partition coefficient (Wildman–Crippen LogP) is 3.44. The molecule has 0 saturated carbocycles. The smallest absolute Gasteiger partial charge is 0.157 e. The van der Waals surface area contributed by atoms with Crippen molar-refractivity contribution in [1.82, 2.24) is 0 Å². The van der Waals surface area contributed by atoms with E-state index in [0.717, 1.165) is 15.8 Å². The van der Waals surface area contributed by atoms with E-state index in [0.29, 0.717) is 6.61 Å².